The molecule has 5 atom stereocenters. The Morgan fingerprint density at radius 1 is 0.293 bits per heavy atom. The number of phosphoric acid groups is 2. The number of ether oxygens (including phenoxy) is 4. The van der Waals surface area contributed by atoms with Crippen LogP contribution in [0.1, 0.15) is 381 Å². The van der Waals surface area contributed by atoms with Crippen molar-refractivity contribution in [1.29, 1.82) is 0 Å². The highest BCUT2D eigenvalue weighted by Gasteiger charge is 2.30. The SMILES string of the molecule is CCCCCCCCCCCCCCCCC(=O)O[C@H](COC(=O)CCCCCCCCCCCCC(C)C)COP(=O)(O)OC[C@@H](O)COP(=O)(O)OC[C@@H](COC(=O)CCCCCCCCCCCCCC)OC(=O)CCCCCCCCCCCCCCC. The fourth-order valence-electron chi connectivity index (χ4n) is 11.2. The van der Waals surface area contributed by atoms with Gasteiger partial charge in [0, 0.05) is 25.7 Å². The average Bonchev–Trinajstić information content (AvgIpc) is 1.88. The number of aliphatic hydroxyl groups is 1. The van der Waals surface area contributed by atoms with E-state index >= 15 is 0 Å². The molecule has 2 unspecified atom stereocenters. The van der Waals surface area contributed by atoms with Crippen molar-refractivity contribution in [3.05, 3.63) is 0 Å². The molecule has 546 valence electrons. The lowest BCUT2D eigenvalue weighted by Crippen LogP contribution is -2.30. The zero-order valence-electron chi connectivity index (χ0n) is 59.7. The molecule has 0 aromatic carbocycles. The van der Waals surface area contributed by atoms with Crippen molar-refractivity contribution in [3.63, 3.8) is 0 Å². The molecular formula is C73H142O17P2. The summed E-state index contributed by atoms with van der Waals surface area (Å²) in [6.07, 6.45) is 53.8. The van der Waals surface area contributed by atoms with Gasteiger partial charge in [0.2, 0.25) is 0 Å². The van der Waals surface area contributed by atoms with E-state index in [1.54, 1.807) is 0 Å². The van der Waals surface area contributed by atoms with Gasteiger partial charge in [-0.15, -0.1) is 0 Å². The van der Waals surface area contributed by atoms with E-state index in [4.69, 9.17) is 37.0 Å². The Kier molecular flexibility index (Phi) is 64.9. The topological polar surface area (TPSA) is 237 Å². The number of unbranched alkanes of at least 4 members (excludes halogenated alkanes) is 45. The fraction of sp³-hybridized carbons (Fsp3) is 0.945. The third-order valence-corrected chi connectivity index (χ3v) is 18.9. The first-order valence-electron chi connectivity index (χ1n) is 38.1. The first-order valence-corrected chi connectivity index (χ1v) is 41.1. The summed E-state index contributed by atoms with van der Waals surface area (Å²) >= 11 is 0. The molecule has 0 radical (unpaired) electrons. The number of phosphoric ester groups is 2. The summed E-state index contributed by atoms with van der Waals surface area (Å²) in [4.78, 5) is 72.7. The summed E-state index contributed by atoms with van der Waals surface area (Å²) < 4.78 is 68.4. The van der Waals surface area contributed by atoms with Gasteiger partial charge in [-0.05, 0) is 31.6 Å². The molecule has 0 rings (SSSR count). The van der Waals surface area contributed by atoms with Crippen molar-refractivity contribution in [2.24, 2.45) is 5.92 Å². The minimum atomic E-state index is -4.95. The number of esters is 4. The molecule has 0 saturated carbocycles. The fourth-order valence-corrected chi connectivity index (χ4v) is 12.8. The van der Waals surface area contributed by atoms with Gasteiger partial charge >= 0.3 is 39.5 Å². The molecule has 92 heavy (non-hydrogen) atoms. The molecular weight excluding hydrogens is 1210 g/mol. The van der Waals surface area contributed by atoms with Crippen molar-refractivity contribution in [2.45, 2.75) is 400 Å². The van der Waals surface area contributed by atoms with Crippen LogP contribution < -0.4 is 0 Å². The molecule has 0 bridgehead atoms. The monoisotopic (exact) mass is 1350 g/mol. The smallest absolute Gasteiger partial charge is 0.462 e. The van der Waals surface area contributed by atoms with E-state index in [0.29, 0.717) is 25.7 Å². The second kappa shape index (κ2) is 66.3. The van der Waals surface area contributed by atoms with E-state index in [1.165, 1.54) is 205 Å². The minimum Gasteiger partial charge on any atom is -0.462 e. The molecule has 0 aromatic rings. The highest BCUT2D eigenvalue weighted by molar-refractivity contribution is 7.47. The lowest BCUT2D eigenvalue weighted by atomic mass is 10.0. The van der Waals surface area contributed by atoms with Crippen LogP contribution in [0.3, 0.4) is 0 Å². The average molecular weight is 1350 g/mol. The summed E-state index contributed by atoms with van der Waals surface area (Å²) in [5.41, 5.74) is 0. The molecule has 3 N–H and O–H groups in total. The van der Waals surface area contributed by atoms with Crippen LogP contribution in [-0.4, -0.2) is 96.7 Å². The first kappa shape index (κ1) is 90.1. The lowest BCUT2D eigenvalue weighted by molar-refractivity contribution is -0.161. The second-order valence-electron chi connectivity index (χ2n) is 26.8. The second-order valence-corrected chi connectivity index (χ2v) is 29.7. The van der Waals surface area contributed by atoms with Gasteiger partial charge < -0.3 is 33.8 Å². The maximum absolute atomic E-state index is 13.0. The van der Waals surface area contributed by atoms with Gasteiger partial charge in [0.1, 0.15) is 19.3 Å². The van der Waals surface area contributed by atoms with Crippen LogP contribution in [-0.2, 0) is 65.4 Å². The molecule has 19 heteroatoms. The Morgan fingerprint density at radius 2 is 0.500 bits per heavy atom. The Bertz CT molecular complexity index is 1770. The quantitative estimate of drug-likeness (QED) is 0.0222. The number of hydrogen-bond acceptors (Lipinski definition) is 15. The van der Waals surface area contributed by atoms with E-state index in [9.17, 15) is 43.2 Å². The Morgan fingerprint density at radius 3 is 0.739 bits per heavy atom. The number of hydrogen-bond donors (Lipinski definition) is 3. The molecule has 0 saturated heterocycles. The summed E-state index contributed by atoms with van der Waals surface area (Å²) in [6, 6.07) is 0. The van der Waals surface area contributed by atoms with Crippen LogP contribution in [0.25, 0.3) is 0 Å². The van der Waals surface area contributed by atoms with Gasteiger partial charge in [0.05, 0.1) is 26.4 Å². The Labute approximate surface area is 562 Å². The summed E-state index contributed by atoms with van der Waals surface area (Å²) in [7, 11) is -9.90. The van der Waals surface area contributed by atoms with E-state index in [2.05, 4.69) is 34.6 Å². The van der Waals surface area contributed by atoms with E-state index in [-0.39, 0.29) is 25.7 Å². The third-order valence-electron chi connectivity index (χ3n) is 17.0. The zero-order chi connectivity index (χ0) is 67.7. The minimum absolute atomic E-state index is 0.108. The summed E-state index contributed by atoms with van der Waals surface area (Å²) in [5.74, 6) is -1.36. The Hall–Kier alpha value is -1.94. The van der Waals surface area contributed by atoms with Crippen LogP contribution in [0.15, 0.2) is 0 Å². The van der Waals surface area contributed by atoms with Crippen molar-refractivity contribution in [1.82, 2.24) is 0 Å². The van der Waals surface area contributed by atoms with E-state index in [0.717, 1.165) is 95.8 Å². The summed E-state index contributed by atoms with van der Waals surface area (Å²) in [5, 5.41) is 10.6. The standard InChI is InChI=1S/C73H142O17P2/c1-6-9-12-15-18-21-24-27-29-32-39-44-49-54-59-73(78)90-69(63-84-71(76)57-52-47-42-37-34-33-35-40-45-50-55-66(4)5)65-88-92(81,82)86-61-67(74)60-85-91(79,80)87-64-68(62-83-70(75)56-51-46-41-36-30-26-23-20-17-14-11-8-3)89-72(77)58-53-48-43-38-31-28-25-22-19-16-13-10-7-2/h66-69,74H,6-65H2,1-5H3,(H,79,80)(H,81,82)/t67-,68+,69+/m0/s1. The number of aliphatic hydroxyl groups excluding tert-OH is 1. The molecule has 0 amide bonds. The van der Waals surface area contributed by atoms with E-state index in [1.807, 2.05) is 0 Å². The molecule has 0 heterocycles. The van der Waals surface area contributed by atoms with Gasteiger partial charge in [-0.3, -0.25) is 37.3 Å². The predicted molar refractivity (Wildman–Crippen MR) is 372 cm³/mol. The highest BCUT2D eigenvalue weighted by Crippen LogP contribution is 2.45. The van der Waals surface area contributed by atoms with Gasteiger partial charge in [-0.25, -0.2) is 9.13 Å². The molecule has 0 aromatic heterocycles. The maximum Gasteiger partial charge on any atom is 0.472 e. The van der Waals surface area contributed by atoms with Crippen LogP contribution in [0.5, 0.6) is 0 Å². The van der Waals surface area contributed by atoms with Crippen molar-refractivity contribution < 1.29 is 80.2 Å². The molecule has 0 spiro atoms. The van der Waals surface area contributed by atoms with Crippen molar-refractivity contribution in [3.8, 4) is 0 Å². The van der Waals surface area contributed by atoms with Crippen molar-refractivity contribution in [2.75, 3.05) is 39.6 Å². The van der Waals surface area contributed by atoms with Gasteiger partial charge in [-0.2, -0.15) is 0 Å². The predicted octanol–water partition coefficient (Wildman–Crippen LogP) is 21.3. The lowest BCUT2D eigenvalue weighted by Gasteiger charge is -2.21. The normalized spacial score (nSPS) is 14.0. The number of carbonyl (C=O) groups is 4. The highest BCUT2D eigenvalue weighted by atomic mass is 31.2. The van der Waals surface area contributed by atoms with Gasteiger partial charge in [-0.1, -0.05) is 330 Å². The molecule has 0 aliphatic carbocycles. The molecule has 0 fully saturated rings. The molecule has 0 aliphatic heterocycles. The first-order chi connectivity index (χ1) is 44.5. The molecule has 17 nitrogen and oxygen atoms in total. The summed E-state index contributed by atoms with van der Waals surface area (Å²) in [6.45, 7) is 7.27. The zero-order valence-corrected chi connectivity index (χ0v) is 61.5. The Balaban J connectivity index is 5.26. The van der Waals surface area contributed by atoms with E-state index < -0.39 is 97.5 Å². The largest absolute Gasteiger partial charge is 0.472 e. The molecule has 0 aliphatic rings. The third kappa shape index (κ3) is 66.7. The van der Waals surface area contributed by atoms with Crippen LogP contribution in [0, 0.1) is 5.92 Å². The maximum atomic E-state index is 13.0. The van der Waals surface area contributed by atoms with Crippen molar-refractivity contribution >= 4 is 39.5 Å². The van der Waals surface area contributed by atoms with Gasteiger partial charge in [0.25, 0.3) is 0 Å². The number of rotatable bonds is 73. The van der Waals surface area contributed by atoms with Crippen LogP contribution in [0.4, 0.5) is 0 Å². The van der Waals surface area contributed by atoms with Crippen LogP contribution in [0.2, 0.25) is 0 Å². The number of carbonyl (C=O) groups excluding carboxylic acids is 4. The van der Waals surface area contributed by atoms with Crippen LogP contribution >= 0.6 is 15.6 Å². The van der Waals surface area contributed by atoms with Gasteiger partial charge in [0.15, 0.2) is 12.2 Å².